The van der Waals surface area contributed by atoms with Crippen LogP contribution in [0.1, 0.15) is 6.92 Å². The Labute approximate surface area is 134 Å². The van der Waals surface area contributed by atoms with Gasteiger partial charge in [-0.15, -0.1) is 0 Å². The zero-order valence-corrected chi connectivity index (χ0v) is 13.2. The van der Waals surface area contributed by atoms with Crippen molar-refractivity contribution in [2.24, 2.45) is 0 Å². The molecule has 0 aliphatic rings. The number of ether oxygens (including phenoxy) is 1. The molecule has 0 radical (unpaired) electrons. The number of para-hydroxylation sites is 1. The Bertz CT molecular complexity index is 663. The van der Waals surface area contributed by atoms with E-state index in [0.717, 1.165) is 11.4 Å². The van der Waals surface area contributed by atoms with E-state index in [2.05, 4.69) is 15.3 Å². The third-order valence-electron chi connectivity index (χ3n) is 3.35. The second kappa shape index (κ2) is 7.98. The minimum absolute atomic E-state index is 0.331. The topological polar surface area (TPSA) is 87.6 Å². The van der Waals surface area contributed by atoms with Gasteiger partial charge in [-0.25, -0.2) is 14.8 Å². The van der Waals surface area contributed by atoms with Crippen LogP contribution in [-0.2, 0) is 0 Å². The number of anilines is 1. The molecule has 23 heavy (non-hydrogen) atoms. The van der Waals surface area contributed by atoms with Crippen molar-refractivity contribution in [3.8, 4) is 17.1 Å². The van der Waals surface area contributed by atoms with E-state index in [4.69, 9.17) is 9.84 Å². The van der Waals surface area contributed by atoms with Crippen LogP contribution in [0.5, 0.6) is 5.75 Å². The Morgan fingerprint density at radius 1 is 1.35 bits per heavy atom. The second-order valence-electron chi connectivity index (χ2n) is 4.75. The fourth-order valence-electron chi connectivity index (χ4n) is 2.22. The number of nitrogens with one attached hydrogen (secondary N) is 1. The molecule has 0 spiro atoms. The third kappa shape index (κ3) is 4.32. The number of methoxy groups -OCH3 is 1. The first-order valence-electron chi connectivity index (χ1n) is 7.34. The van der Waals surface area contributed by atoms with Crippen molar-refractivity contribution < 1.29 is 14.6 Å². The molecule has 1 aromatic carbocycles. The highest BCUT2D eigenvalue weighted by atomic mass is 16.5. The molecule has 0 saturated carbocycles. The van der Waals surface area contributed by atoms with Gasteiger partial charge in [-0.05, 0) is 25.1 Å². The van der Waals surface area contributed by atoms with Crippen molar-refractivity contribution in [1.29, 1.82) is 0 Å². The molecule has 2 aromatic rings. The summed E-state index contributed by atoms with van der Waals surface area (Å²) in [5, 5.41) is 11.0. The maximum atomic E-state index is 10.5. The van der Waals surface area contributed by atoms with E-state index in [1.807, 2.05) is 42.2 Å². The summed E-state index contributed by atoms with van der Waals surface area (Å²) < 4.78 is 5.35. The van der Waals surface area contributed by atoms with Crippen LogP contribution < -0.4 is 15.0 Å². The van der Waals surface area contributed by atoms with E-state index in [-0.39, 0.29) is 0 Å². The number of carboxylic acid groups (broad SMARTS) is 1. The zero-order chi connectivity index (χ0) is 16.7. The standard InChI is InChI=1S/C16H20N4O3/c1-3-20(11-10-18-16(21)22)14-8-9-17-15(19-14)12-6-4-5-7-13(12)23-2/h4-9,18H,3,10-11H2,1-2H3,(H,21,22). The Morgan fingerprint density at radius 3 is 2.83 bits per heavy atom. The van der Waals surface area contributed by atoms with Crippen LogP contribution in [0, 0.1) is 0 Å². The number of benzene rings is 1. The largest absolute Gasteiger partial charge is 0.496 e. The van der Waals surface area contributed by atoms with Crippen LogP contribution in [0.15, 0.2) is 36.5 Å². The van der Waals surface area contributed by atoms with Gasteiger partial charge in [0.05, 0.1) is 12.7 Å². The van der Waals surface area contributed by atoms with Crippen molar-refractivity contribution in [3.63, 3.8) is 0 Å². The molecule has 7 nitrogen and oxygen atoms in total. The van der Waals surface area contributed by atoms with Gasteiger partial charge in [0, 0.05) is 25.8 Å². The lowest BCUT2D eigenvalue weighted by molar-refractivity contribution is 0.195. The van der Waals surface area contributed by atoms with Crippen LogP contribution in [0.2, 0.25) is 0 Å². The van der Waals surface area contributed by atoms with Crippen LogP contribution >= 0.6 is 0 Å². The summed E-state index contributed by atoms with van der Waals surface area (Å²) in [6, 6.07) is 9.37. The summed E-state index contributed by atoms with van der Waals surface area (Å²) in [5.74, 6) is 2.03. The molecule has 0 aliphatic carbocycles. The highest BCUT2D eigenvalue weighted by Gasteiger charge is 2.11. The third-order valence-corrected chi connectivity index (χ3v) is 3.35. The van der Waals surface area contributed by atoms with Gasteiger partial charge >= 0.3 is 6.09 Å². The van der Waals surface area contributed by atoms with Gasteiger partial charge in [-0.2, -0.15) is 0 Å². The van der Waals surface area contributed by atoms with Gasteiger partial charge in [0.25, 0.3) is 0 Å². The minimum atomic E-state index is -1.03. The van der Waals surface area contributed by atoms with E-state index in [1.165, 1.54) is 0 Å². The maximum absolute atomic E-state index is 10.5. The molecule has 2 N–H and O–H groups in total. The van der Waals surface area contributed by atoms with Crippen LogP contribution in [-0.4, -0.2) is 47.9 Å². The molecule has 2 rings (SSSR count). The van der Waals surface area contributed by atoms with E-state index < -0.39 is 6.09 Å². The fourth-order valence-corrected chi connectivity index (χ4v) is 2.22. The molecule has 122 valence electrons. The number of likely N-dealkylation sites (N-methyl/N-ethyl adjacent to an activating group) is 1. The number of nitrogens with zero attached hydrogens (tertiary/aromatic N) is 3. The van der Waals surface area contributed by atoms with E-state index in [0.29, 0.717) is 31.2 Å². The normalized spacial score (nSPS) is 10.2. The molecule has 1 heterocycles. The molecule has 7 heteroatoms. The predicted molar refractivity (Wildman–Crippen MR) is 87.9 cm³/mol. The van der Waals surface area contributed by atoms with Gasteiger partial charge < -0.3 is 20.1 Å². The average molecular weight is 316 g/mol. The van der Waals surface area contributed by atoms with Crippen LogP contribution in [0.25, 0.3) is 11.4 Å². The SMILES string of the molecule is CCN(CCNC(=O)O)c1ccnc(-c2ccccc2OC)n1. The van der Waals surface area contributed by atoms with Crippen molar-refractivity contribution in [2.45, 2.75) is 6.92 Å². The van der Waals surface area contributed by atoms with Gasteiger partial charge in [0.1, 0.15) is 11.6 Å². The highest BCUT2D eigenvalue weighted by Crippen LogP contribution is 2.27. The first-order valence-corrected chi connectivity index (χ1v) is 7.34. The smallest absolute Gasteiger partial charge is 0.404 e. The molecule has 1 aromatic heterocycles. The number of hydrogen-bond donors (Lipinski definition) is 2. The number of carbonyl (C=O) groups is 1. The maximum Gasteiger partial charge on any atom is 0.404 e. The molecule has 0 bridgehead atoms. The first-order chi connectivity index (χ1) is 11.2. The molecule has 0 fully saturated rings. The summed E-state index contributed by atoms with van der Waals surface area (Å²) in [6.07, 6.45) is 0.663. The Hall–Kier alpha value is -2.83. The summed E-state index contributed by atoms with van der Waals surface area (Å²) >= 11 is 0. The quantitative estimate of drug-likeness (QED) is 0.814. The molecule has 0 atom stereocenters. The van der Waals surface area contributed by atoms with Gasteiger partial charge in [0.2, 0.25) is 0 Å². The van der Waals surface area contributed by atoms with Gasteiger partial charge in [-0.1, -0.05) is 12.1 Å². The average Bonchev–Trinajstić information content (AvgIpc) is 2.58. The molecule has 1 amide bonds. The van der Waals surface area contributed by atoms with Crippen LogP contribution in [0.3, 0.4) is 0 Å². The van der Waals surface area contributed by atoms with Crippen molar-refractivity contribution in [2.75, 3.05) is 31.6 Å². The lowest BCUT2D eigenvalue weighted by Gasteiger charge is -2.22. The Balaban J connectivity index is 2.22. The number of hydrogen-bond acceptors (Lipinski definition) is 5. The van der Waals surface area contributed by atoms with E-state index >= 15 is 0 Å². The number of aromatic nitrogens is 2. The molecule has 0 unspecified atom stereocenters. The summed E-state index contributed by atoms with van der Waals surface area (Å²) in [4.78, 5) is 21.4. The van der Waals surface area contributed by atoms with Crippen molar-refractivity contribution >= 4 is 11.9 Å². The van der Waals surface area contributed by atoms with E-state index in [1.54, 1.807) is 13.3 Å². The predicted octanol–water partition coefficient (Wildman–Crippen LogP) is 2.25. The Morgan fingerprint density at radius 2 is 2.13 bits per heavy atom. The highest BCUT2D eigenvalue weighted by molar-refractivity contribution is 5.65. The lowest BCUT2D eigenvalue weighted by atomic mass is 10.2. The first kappa shape index (κ1) is 16.5. The summed E-state index contributed by atoms with van der Waals surface area (Å²) in [7, 11) is 1.61. The number of amides is 1. The minimum Gasteiger partial charge on any atom is -0.496 e. The monoisotopic (exact) mass is 316 g/mol. The van der Waals surface area contributed by atoms with Crippen molar-refractivity contribution in [3.05, 3.63) is 36.5 Å². The Kier molecular flexibility index (Phi) is 5.74. The van der Waals surface area contributed by atoms with Gasteiger partial charge in [-0.3, -0.25) is 0 Å². The fraction of sp³-hybridized carbons (Fsp3) is 0.312. The zero-order valence-electron chi connectivity index (χ0n) is 13.2. The molecular formula is C16H20N4O3. The van der Waals surface area contributed by atoms with Gasteiger partial charge in [0.15, 0.2) is 5.82 Å². The van der Waals surface area contributed by atoms with E-state index in [9.17, 15) is 4.79 Å². The number of rotatable bonds is 7. The molecule has 0 aliphatic heterocycles. The lowest BCUT2D eigenvalue weighted by Crippen LogP contribution is -2.34. The summed E-state index contributed by atoms with van der Waals surface area (Å²) in [5.41, 5.74) is 0.816. The van der Waals surface area contributed by atoms with Crippen LogP contribution in [0.4, 0.5) is 10.6 Å². The molecular weight excluding hydrogens is 296 g/mol. The van der Waals surface area contributed by atoms with Crippen molar-refractivity contribution in [1.82, 2.24) is 15.3 Å². The molecule has 0 saturated heterocycles. The summed E-state index contributed by atoms with van der Waals surface area (Å²) in [6.45, 7) is 3.57. The second-order valence-corrected chi connectivity index (χ2v) is 4.75.